The number of aromatic nitrogens is 2. The van der Waals surface area contributed by atoms with Crippen molar-refractivity contribution in [1.29, 1.82) is 0 Å². The fourth-order valence-electron chi connectivity index (χ4n) is 4.10. The predicted octanol–water partition coefficient (Wildman–Crippen LogP) is 3.18. The predicted molar refractivity (Wildman–Crippen MR) is 127 cm³/mol. The minimum Gasteiger partial charge on any atom is -0.377 e. The van der Waals surface area contributed by atoms with Crippen LogP contribution in [-0.2, 0) is 17.7 Å². The molecule has 1 aromatic heterocycles. The van der Waals surface area contributed by atoms with Crippen molar-refractivity contribution in [3.05, 3.63) is 35.5 Å². The topological polar surface area (TPSA) is 91.4 Å². The van der Waals surface area contributed by atoms with E-state index in [0.717, 1.165) is 61.8 Å². The van der Waals surface area contributed by atoms with Crippen LogP contribution in [0.3, 0.4) is 0 Å². The molecule has 2 aliphatic heterocycles. The number of carbonyl (C=O) groups is 1. The lowest BCUT2D eigenvalue weighted by Gasteiger charge is -2.36. The zero-order valence-electron chi connectivity index (χ0n) is 19.3. The van der Waals surface area contributed by atoms with E-state index in [1.165, 1.54) is 5.56 Å². The highest BCUT2D eigenvalue weighted by Crippen LogP contribution is 2.30. The Bertz CT molecular complexity index is 931. The third kappa shape index (κ3) is 5.37. The number of morpholine rings is 1. The Morgan fingerprint density at radius 3 is 2.84 bits per heavy atom. The summed E-state index contributed by atoms with van der Waals surface area (Å²) >= 11 is 0. The van der Waals surface area contributed by atoms with E-state index >= 15 is 0 Å². The smallest absolute Gasteiger partial charge is 0.319 e. The van der Waals surface area contributed by atoms with E-state index in [2.05, 4.69) is 41.6 Å². The first kappa shape index (κ1) is 22.5. The van der Waals surface area contributed by atoms with Gasteiger partial charge in [0.2, 0.25) is 0 Å². The minimum absolute atomic E-state index is 0.182. The number of urea groups is 1. The van der Waals surface area contributed by atoms with Gasteiger partial charge >= 0.3 is 6.03 Å². The van der Waals surface area contributed by atoms with Crippen molar-refractivity contribution < 1.29 is 9.53 Å². The van der Waals surface area contributed by atoms with Crippen molar-refractivity contribution in [2.24, 2.45) is 5.92 Å². The second kappa shape index (κ2) is 10.3. The molecule has 2 aromatic rings. The van der Waals surface area contributed by atoms with Gasteiger partial charge in [0.15, 0.2) is 5.82 Å². The lowest BCUT2D eigenvalue weighted by molar-refractivity contribution is 0.0984. The number of anilines is 2. The molecule has 172 valence electrons. The van der Waals surface area contributed by atoms with Gasteiger partial charge < -0.3 is 25.6 Å². The van der Waals surface area contributed by atoms with Gasteiger partial charge in [-0.15, -0.1) is 0 Å². The molecule has 8 heteroatoms. The number of hydrogen-bond donors (Lipinski definition) is 3. The van der Waals surface area contributed by atoms with Crippen molar-refractivity contribution in [2.45, 2.75) is 46.2 Å². The Balaban J connectivity index is 1.53. The summed E-state index contributed by atoms with van der Waals surface area (Å²) in [5.74, 6) is 2.31. The molecule has 0 saturated carbocycles. The molecule has 1 fully saturated rings. The first-order valence-electron chi connectivity index (χ1n) is 11.6. The van der Waals surface area contributed by atoms with E-state index in [1.54, 1.807) is 0 Å². The van der Waals surface area contributed by atoms with Gasteiger partial charge in [-0.2, -0.15) is 0 Å². The number of rotatable bonds is 6. The summed E-state index contributed by atoms with van der Waals surface area (Å²) in [6.45, 7) is 11.1. The Hall–Kier alpha value is -2.71. The molecular weight excluding hydrogens is 404 g/mol. The molecule has 2 amide bonds. The van der Waals surface area contributed by atoms with Crippen LogP contribution >= 0.6 is 0 Å². The number of nitrogens with one attached hydrogen (secondary N) is 3. The summed E-state index contributed by atoms with van der Waals surface area (Å²) < 4.78 is 5.64. The van der Waals surface area contributed by atoms with Crippen LogP contribution in [0.25, 0.3) is 11.4 Å². The highest BCUT2D eigenvalue weighted by molar-refractivity contribution is 5.89. The summed E-state index contributed by atoms with van der Waals surface area (Å²) in [4.78, 5) is 24.3. The molecule has 1 aromatic carbocycles. The molecule has 32 heavy (non-hydrogen) atoms. The average Bonchev–Trinajstić information content (AvgIpc) is 2.79. The van der Waals surface area contributed by atoms with Crippen molar-refractivity contribution in [3.8, 4) is 11.4 Å². The van der Waals surface area contributed by atoms with Gasteiger partial charge in [-0.3, -0.25) is 0 Å². The van der Waals surface area contributed by atoms with Crippen LogP contribution < -0.4 is 20.9 Å². The lowest BCUT2D eigenvalue weighted by atomic mass is 10.0. The van der Waals surface area contributed by atoms with Crippen molar-refractivity contribution in [2.75, 3.05) is 43.1 Å². The molecule has 4 rings (SSSR count). The lowest BCUT2D eigenvalue weighted by Crippen LogP contribution is -2.45. The van der Waals surface area contributed by atoms with Crippen LogP contribution in [0.5, 0.6) is 0 Å². The second-order valence-electron chi connectivity index (χ2n) is 8.98. The third-order valence-electron chi connectivity index (χ3n) is 5.96. The Labute approximate surface area is 190 Å². The van der Waals surface area contributed by atoms with E-state index in [4.69, 9.17) is 14.7 Å². The summed E-state index contributed by atoms with van der Waals surface area (Å²) in [6, 6.07) is 7.83. The number of benzene rings is 1. The molecule has 0 spiro atoms. The Morgan fingerprint density at radius 1 is 1.28 bits per heavy atom. The summed E-state index contributed by atoms with van der Waals surface area (Å²) in [6.07, 6.45) is 1.89. The van der Waals surface area contributed by atoms with E-state index in [9.17, 15) is 4.79 Å². The van der Waals surface area contributed by atoms with Crippen LogP contribution in [-0.4, -0.2) is 54.9 Å². The Morgan fingerprint density at radius 2 is 2.09 bits per heavy atom. The normalized spacial score (nSPS) is 18.4. The molecule has 1 unspecified atom stereocenters. The summed E-state index contributed by atoms with van der Waals surface area (Å²) in [5, 5.41) is 9.21. The molecular formula is C24H34N6O2. The number of ether oxygens (including phenoxy) is 1. The number of carbonyl (C=O) groups excluding carboxylic acids is 1. The summed E-state index contributed by atoms with van der Waals surface area (Å²) in [5.41, 5.74) is 4.00. The molecule has 1 saturated heterocycles. The maximum absolute atomic E-state index is 12.1. The fraction of sp³-hybridized carbons (Fsp3) is 0.542. The average molecular weight is 439 g/mol. The fourth-order valence-corrected chi connectivity index (χ4v) is 4.10. The molecule has 3 heterocycles. The van der Waals surface area contributed by atoms with Gasteiger partial charge in [0.1, 0.15) is 5.82 Å². The van der Waals surface area contributed by atoms with Gasteiger partial charge in [0.25, 0.3) is 0 Å². The van der Waals surface area contributed by atoms with E-state index < -0.39 is 0 Å². The summed E-state index contributed by atoms with van der Waals surface area (Å²) in [7, 11) is 0. The third-order valence-corrected chi connectivity index (χ3v) is 5.96. The molecule has 0 bridgehead atoms. The minimum atomic E-state index is -0.182. The molecule has 0 radical (unpaired) electrons. The number of fused-ring (bicyclic) bond motifs is 1. The number of amides is 2. The van der Waals surface area contributed by atoms with Gasteiger partial charge in [-0.25, -0.2) is 14.8 Å². The highest BCUT2D eigenvalue weighted by atomic mass is 16.5. The first-order chi connectivity index (χ1) is 15.5. The van der Waals surface area contributed by atoms with Crippen LogP contribution in [0.2, 0.25) is 0 Å². The van der Waals surface area contributed by atoms with Crippen molar-refractivity contribution >= 4 is 17.5 Å². The number of hydrogen-bond acceptors (Lipinski definition) is 6. The van der Waals surface area contributed by atoms with Crippen LogP contribution in [0.15, 0.2) is 24.3 Å². The standard InChI is InChI=1S/C24H34N6O2/c1-16(2)8-11-26-24(31)27-19-6-4-18(5-7-19)22-28-21-14-25-10-9-20(21)23(29-22)30-12-13-32-15-17(30)3/h4-7,16-17,25H,8-15H2,1-3H3,(H2,26,27,31). The van der Waals surface area contributed by atoms with Crippen LogP contribution in [0, 0.1) is 5.92 Å². The highest BCUT2D eigenvalue weighted by Gasteiger charge is 2.27. The van der Waals surface area contributed by atoms with E-state index in [0.29, 0.717) is 24.9 Å². The molecule has 0 aliphatic carbocycles. The van der Waals surface area contributed by atoms with E-state index in [1.807, 2.05) is 24.3 Å². The zero-order valence-corrected chi connectivity index (χ0v) is 19.3. The maximum Gasteiger partial charge on any atom is 0.319 e. The first-order valence-corrected chi connectivity index (χ1v) is 11.6. The van der Waals surface area contributed by atoms with Gasteiger partial charge in [-0.1, -0.05) is 13.8 Å². The zero-order chi connectivity index (χ0) is 22.5. The van der Waals surface area contributed by atoms with Crippen LogP contribution in [0.4, 0.5) is 16.3 Å². The molecule has 1 atom stereocenters. The van der Waals surface area contributed by atoms with E-state index in [-0.39, 0.29) is 12.1 Å². The molecule has 3 N–H and O–H groups in total. The van der Waals surface area contributed by atoms with Gasteiger partial charge in [0.05, 0.1) is 24.9 Å². The second-order valence-corrected chi connectivity index (χ2v) is 8.98. The number of nitrogens with zero attached hydrogens (tertiary/aromatic N) is 3. The Kier molecular flexibility index (Phi) is 7.22. The maximum atomic E-state index is 12.1. The SMILES string of the molecule is CC(C)CCNC(=O)Nc1ccc(-c2nc3c(c(N4CCOCC4C)n2)CCNC3)cc1. The van der Waals surface area contributed by atoms with Crippen molar-refractivity contribution in [1.82, 2.24) is 20.6 Å². The van der Waals surface area contributed by atoms with Crippen LogP contribution in [0.1, 0.15) is 38.4 Å². The van der Waals surface area contributed by atoms with Gasteiger partial charge in [-0.05, 0) is 56.5 Å². The molecule has 8 nitrogen and oxygen atoms in total. The largest absolute Gasteiger partial charge is 0.377 e. The monoisotopic (exact) mass is 438 g/mol. The molecule has 2 aliphatic rings. The van der Waals surface area contributed by atoms with Crippen molar-refractivity contribution in [3.63, 3.8) is 0 Å². The van der Waals surface area contributed by atoms with Gasteiger partial charge in [0, 0.05) is 36.4 Å². The quantitative estimate of drug-likeness (QED) is 0.642.